The van der Waals surface area contributed by atoms with Crippen molar-refractivity contribution in [3.63, 3.8) is 0 Å². The lowest BCUT2D eigenvalue weighted by atomic mass is 10.1. The number of carbonyl (C=O) groups is 2. The van der Waals surface area contributed by atoms with Gasteiger partial charge < -0.3 is 10.2 Å². The summed E-state index contributed by atoms with van der Waals surface area (Å²) in [6, 6.07) is 12.6. The second-order valence-electron chi connectivity index (χ2n) is 7.52. The van der Waals surface area contributed by atoms with E-state index in [-0.39, 0.29) is 30.8 Å². The summed E-state index contributed by atoms with van der Waals surface area (Å²) >= 11 is 12.2. The molecule has 0 bridgehead atoms. The third-order valence-corrected chi connectivity index (χ3v) is 5.37. The lowest BCUT2D eigenvalue weighted by Gasteiger charge is -2.31. The highest BCUT2D eigenvalue weighted by Crippen LogP contribution is 2.24. The summed E-state index contributed by atoms with van der Waals surface area (Å²) in [6.07, 6.45) is 0.743. The largest absolute Gasteiger partial charge is 0.352 e. The first-order valence-electron chi connectivity index (χ1n) is 9.80. The monoisotopic (exact) mass is 434 g/mol. The van der Waals surface area contributed by atoms with E-state index in [1.165, 1.54) is 0 Å². The number of nitrogens with one attached hydrogen (secondary N) is 1. The van der Waals surface area contributed by atoms with Crippen LogP contribution in [0.3, 0.4) is 0 Å². The molecule has 0 aliphatic heterocycles. The summed E-state index contributed by atoms with van der Waals surface area (Å²) in [5.41, 5.74) is 2.88. The minimum Gasteiger partial charge on any atom is -0.352 e. The molecule has 0 aliphatic carbocycles. The molecule has 0 aromatic heterocycles. The molecule has 0 saturated carbocycles. The first-order chi connectivity index (χ1) is 13.7. The molecular formula is C23H28Cl2N2O2. The molecule has 1 N–H and O–H groups in total. The fraction of sp³-hybridized carbons (Fsp3) is 0.391. The molecule has 0 fully saturated rings. The van der Waals surface area contributed by atoms with Crippen LogP contribution in [0.5, 0.6) is 0 Å². The van der Waals surface area contributed by atoms with Gasteiger partial charge in [-0.25, -0.2) is 0 Å². The van der Waals surface area contributed by atoms with Gasteiger partial charge in [0.25, 0.3) is 0 Å². The van der Waals surface area contributed by atoms with Gasteiger partial charge in [-0.15, -0.1) is 0 Å². The van der Waals surface area contributed by atoms with Crippen LogP contribution in [0.25, 0.3) is 0 Å². The second kappa shape index (κ2) is 10.7. The zero-order valence-electron chi connectivity index (χ0n) is 17.3. The van der Waals surface area contributed by atoms with E-state index >= 15 is 0 Å². The number of hydrogen-bond donors (Lipinski definition) is 1. The number of amides is 2. The Bertz CT molecular complexity index is 850. The zero-order valence-corrected chi connectivity index (χ0v) is 18.8. The molecule has 6 heteroatoms. The Kier molecular flexibility index (Phi) is 8.54. The quantitative estimate of drug-likeness (QED) is 0.622. The van der Waals surface area contributed by atoms with Crippen molar-refractivity contribution in [2.75, 3.05) is 0 Å². The van der Waals surface area contributed by atoms with Gasteiger partial charge in [-0.05, 0) is 50.5 Å². The first-order valence-corrected chi connectivity index (χ1v) is 10.6. The van der Waals surface area contributed by atoms with Crippen LogP contribution >= 0.6 is 23.2 Å². The topological polar surface area (TPSA) is 49.4 Å². The van der Waals surface area contributed by atoms with E-state index in [1.54, 1.807) is 17.0 Å². The number of carbonyl (C=O) groups excluding carboxylic acids is 2. The van der Waals surface area contributed by atoms with Crippen LogP contribution in [0, 0.1) is 6.92 Å². The van der Waals surface area contributed by atoms with E-state index in [9.17, 15) is 9.59 Å². The van der Waals surface area contributed by atoms with Gasteiger partial charge in [-0.2, -0.15) is 0 Å². The van der Waals surface area contributed by atoms with E-state index in [1.807, 2.05) is 58.0 Å². The van der Waals surface area contributed by atoms with Crippen LogP contribution < -0.4 is 5.32 Å². The number of benzene rings is 2. The fourth-order valence-corrected chi connectivity index (χ4v) is 3.44. The lowest BCUT2D eigenvalue weighted by Crippen LogP contribution is -2.50. The van der Waals surface area contributed by atoms with Gasteiger partial charge >= 0.3 is 0 Å². The Morgan fingerprint density at radius 1 is 1.00 bits per heavy atom. The maximum atomic E-state index is 13.2. The molecule has 0 heterocycles. The van der Waals surface area contributed by atoms with E-state index in [2.05, 4.69) is 5.32 Å². The van der Waals surface area contributed by atoms with Crippen LogP contribution in [0.4, 0.5) is 0 Å². The number of rotatable bonds is 8. The highest BCUT2D eigenvalue weighted by molar-refractivity contribution is 6.42. The van der Waals surface area contributed by atoms with E-state index < -0.39 is 6.04 Å². The standard InChI is InChI=1S/C23H28Cl2N2O2/c1-5-21(23(29)26-15(2)3)27(14-18-10-11-19(24)20(25)12-18)22(28)13-17-8-6-16(4)7-9-17/h6-12,15,21H,5,13-14H2,1-4H3,(H,26,29)/t21-/m1/s1. The Morgan fingerprint density at radius 2 is 1.62 bits per heavy atom. The summed E-state index contributed by atoms with van der Waals surface area (Å²) in [7, 11) is 0. The van der Waals surface area contributed by atoms with Crippen LogP contribution in [0.15, 0.2) is 42.5 Å². The molecular weight excluding hydrogens is 407 g/mol. The summed E-state index contributed by atoms with van der Waals surface area (Å²) in [5.74, 6) is -0.259. The van der Waals surface area contributed by atoms with Crippen molar-refractivity contribution >= 4 is 35.0 Å². The minimum absolute atomic E-state index is 0.00410. The van der Waals surface area contributed by atoms with Crippen LogP contribution in [0.1, 0.15) is 43.9 Å². The summed E-state index contributed by atoms with van der Waals surface area (Å²) in [6.45, 7) is 8.01. The van der Waals surface area contributed by atoms with E-state index in [0.29, 0.717) is 16.5 Å². The Morgan fingerprint density at radius 3 is 2.17 bits per heavy atom. The normalized spacial score (nSPS) is 12.0. The van der Waals surface area contributed by atoms with Gasteiger partial charge in [-0.1, -0.05) is 66.0 Å². The lowest BCUT2D eigenvalue weighted by molar-refractivity contribution is -0.141. The van der Waals surface area contributed by atoms with Crippen molar-refractivity contribution in [2.24, 2.45) is 0 Å². The maximum absolute atomic E-state index is 13.2. The zero-order chi connectivity index (χ0) is 21.6. The number of hydrogen-bond acceptors (Lipinski definition) is 2. The second-order valence-corrected chi connectivity index (χ2v) is 8.33. The summed E-state index contributed by atoms with van der Waals surface area (Å²) < 4.78 is 0. The van der Waals surface area contributed by atoms with Gasteiger partial charge in [0.05, 0.1) is 16.5 Å². The fourth-order valence-electron chi connectivity index (χ4n) is 3.12. The number of aryl methyl sites for hydroxylation is 1. The molecule has 29 heavy (non-hydrogen) atoms. The van der Waals surface area contributed by atoms with Crippen molar-refractivity contribution in [2.45, 2.75) is 59.2 Å². The molecule has 2 rings (SSSR count). The molecule has 4 nitrogen and oxygen atoms in total. The van der Waals surface area contributed by atoms with Crippen LogP contribution in [-0.4, -0.2) is 28.8 Å². The third-order valence-electron chi connectivity index (χ3n) is 4.63. The number of halogens is 2. The van der Waals surface area contributed by atoms with Gasteiger partial charge in [0.15, 0.2) is 0 Å². The highest BCUT2D eigenvalue weighted by atomic mass is 35.5. The van der Waals surface area contributed by atoms with Gasteiger partial charge in [0.1, 0.15) is 6.04 Å². The minimum atomic E-state index is -0.565. The van der Waals surface area contributed by atoms with Crippen LogP contribution in [-0.2, 0) is 22.6 Å². The molecule has 0 spiro atoms. The summed E-state index contributed by atoms with van der Waals surface area (Å²) in [5, 5.41) is 3.81. The van der Waals surface area contributed by atoms with Gasteiger partial charge in [0.2, 0.25) is 11.8 Å². The molecule has 2 aromatic carbocycles. The smallest absolute Gasteiger partial charge is 0.243 e. The maximum Gasteiger partial charge on any atom is 0.243 e. The van der Waals surface area contributed by atoms with Crippen molar-refractivity contribution in [1.29, 1.82) is 0 Å². The summed E-state index contributed by atoms with van der Waals surface area (Å²) in [4.78, 5) is 27.7. The average Bonchev–Trinajstić information content (AvgIpc) is 2.65. The Hall–Kier alpha value is -2.04. The molecule has 0 aliphatic rings. The van der Waals surface area contributed by atoms with Crippen molar-refractivity contribution in [3.8, 4) is 0 Å². The molecule has 0 saturated heterocycles. The molecule has 2 amide bonds. The average molecular weight is 435 g/mol. The van der Waals surface area contributed by atoms with Crippen molar-refractivity contribution < 1.29 is 9.59 Å². The highest BCUT2D eigenvalue weighted by Gasteiger charge is 2.29. The van der Waals surface area contributed by atoms with E-state index in [0.717, 1.165) is 16.7 Å². The van der Waals surface area contributed by atoms with Crippen molar-refractivity contribution in [1.82, 2.24) is 10.2 Å². The molecule has 2 aromatic rings. The molecule has 1 atom stereocenters. The van der Waals surface area contributed by atoms with E-state index in [4.69, 9.17) is 23.2 Å². The third kappa shape index (κ3) is 6.76. The predicted molar refractivity (Wildman–Crippen MR) is 119 cm³/mol. The predicted octanol–water partition coefficient (Wildman–Crippen LogP) is 5.18. The Labute approximate surface area is 183 Å². The number of nitrogens with zero attached hydrogens (tertiary/aromatic N) is 1. The Balaban J connectivity index is 2.31. The van der Waals surface area contributed by atoms with Crippen LogP contribution in [0.2, 0.25) is 10.0 Å². The van der Waals surface area contributed by atoms with Gasteiger partial charge in [0, 0.05) is 12.6 Å². The molecule has 156 valence electrons. The van der Waals surface area contributed by atoms with Crippen molar-refractivity contribution in [3.05, 3.63) is 69.2 Å². The first kappa shape index (κ1) is 23.2. The SMILES string of the molecule is CC[C@H](C(=O)NC(C)C)N(Cc1ccc(Cl)c(Cl)c1)C(=O)Cc1ccc(C)cc1. The molecule has 0 unspecified atom stereocenters. The van der Waals surface area contributed by atoms with Gasteiger partial charge in [-0.3, -0.25) is 9.59 Å². The molecule has 0 radical (unpaired) electrons.